The number of carbonyl (C=O) groups is 1. The number of amides is 1. The maximum Gasteiger partial charge on any atom is 0.274 e. The maximum absolute atomic E-state index is 12.6. The first-order valence-corrected chi connectivity index (χ1v) is 7.16. The van der Waals surface area contributed by atoms with Crippen molar-refractivity contribution in [3.63, 3.8) is 0 Å². The Morgan fingerprint density at radius 3 is 2.63 bits per heavy atom. The molecule has 0 unspecified atom stereocenters. The number of aromatic nitrogens is 2. The molecule has 19 heavy (non-hydrogen) atoms. The molecule has 0 saturated heterocycles. The first-order valence-electron chi connectivity index (χ1n) is 7.16. The minimum absolute atomic E-state index is 0.00634. The topological polar surface area (TPSA) is 64.2 Å². The number of carbonyl (C=O) groups excluding carboxylic acids is 1. The number of nitrogen functional groups attached to an aromatic ring is 1. The average Bonchev–Trinajstić information content (AvgIpc) is 2.73. The van der Waals surface area contributed by atoms with Gasteiger partial charge in [-0.25, -0.2) is 0 Å². The van der Waals surface area contributed by atoms with Gasteiger partial charge in [-0.2, -0.15) is 5.10 Å². The second kappa shape index (κ2) is 5.63. The smallest absolute Gasteiger partial charge is 0.274 e. The van der Waals surface area contributed by atoms with E-state index < -0.39 is 0 Å². The summed E-state index contributed by atoms with van der Waals surface area (Å²) in [6.45, 7) is 4.49. The first kappa shape index (κ1) is 13.9. The Labute approximate surface area is 114 Å². The van der Waals surface area contributed by atoms with Crippen molar-refractivity contribution in [2.24, 2.45) is 0 Å². The molecule has 1 heterocycles. The van der Waals surface area contributed by atoms with Gasteiger partial charge < -0.3 is 10.6 Å². The molecule has 2 rings (SSSR count). The van der Waals surface area contributed by atoms with Gasteiger partial charge in [0.15, 0.2) is 0 Å². The molecule has 0 bridgehead atoms. The zero-order valence-electron chi connectivity index (χ0n) is 12.1. The van der Waals surface area contributed by atoms with Crippen LogP contribution in [-0.4, -0.2) is 33.7 Å². The van der Waals surface area contributed by atoms with Crippen LogP contribution in [0.5, 0.6) is 0 Å². The predicted octanol–water partition coefficient (Wildman–Crippen LogP) is 2.20. The van der Waals surface area contributed by atoms with Crippen LogP contribution in [0.25, 0.3) is 0 Å². The minimum Gasteiger partial charge on any atom is -0.395 e. The van der Waals surface area contributed by atoms with Crippen molar-refractivity contribution >= 4 is 11.6 Å². The lowest BCUT2D eigenvalue weighted by atomic mass is 9.94. The Hall–Kier alpha value is -1.52. The van der Waals surface area contributed by atoms with Gasteiger partial charge in [-0.3, -0.25) is 9.48 Å². The van der Waals surface area contributed by atoms with Crippen LogP contribution < -0.4 is 5.73 Å². The fourth-order valence-electron chi connectivity index (χ4n) is 2.85. The second-order valence-corrected chi connectivity index (χ2v) is 5.37. The van der Waals surface area contributed by atoms with Crippen molar-refractivity contribution in [3.05, 3.63) is 11.4 Å². The zero-order chi connectivity index (χ0) is 14.0. The highest BCUT2D eigenvalue weighted by Crippen LogP contribution is 2.25. The van der Waals surface area contributed by atoms with Gasteiger partial charge >= 0.3 is 0 Å². The predicted molar refractivity (Wildman–Crippen MR) is 76.0 cm³/mol. The molecule has 1 aromatic rings. The van der Waals surface area contributed by atoms with E-state index in [9.17, 15) is 4.79 Å². The van der Waals surface area contributed by atoms with Crippen LogP contribution in [0.2, 0.25) is 0 Å². The Morgan fingerprint density at radius 1 is 1.42 bits per heavy atom. The normalized spacial score (nSPS) is 16.6. The maximum atomic E-state index is 12.6. The highest BCUT2D eigenvalue weighted by molar-refractivity contribution is 5.98. The molecule has 1 aliphatic carbocycles. The SMILES string of the molecule is CCn1nc(C)c(N)c1C(=O)N(C)C1CCCCC1. The lowest BCUT2D eigenvalue weighted by molar-refractivity contribution is 0.0685. The highest BCUT2D eigenvalue weighted by atomic mass is 16.2. The summed E-state index contributed by atoms with van der Waals surface area (Å²) in [7, 11) is 1.89. The van der Waals surface area contributed by atoms with Gasteiger partial charge in [0.05, 0.1) is 11.4 Å². The van der Waals surface area contributed by atoms with Gasteiger partial charge in [0, 0.05) is 19.6 Å². The molecule has 1 aliphatic rings. The van der Waals surface area contributed by atoms with Crippen molar-refractivity contribution in [2.45, 2.75) is 58.5 Å². The Balaban J connectivity index is 2.23. The third kappa shape index (κ3) is 2.60. The fourth-order valence-corrected chi connectivity index (χ4v) is 2.85. The van der Waals surface area contributed by atoms with Crippen LogP contribution in [0.15, 0.2) is 0 Å². The molecule has 106 valence electrons. The summed E-state index contributed by atoms with van der Waals surface area (Å²) in [5.74, 6) is 0.00634. The van der Waals surface area contributed by atoms with E-state index in [0.29, 0.717) is 24.0 Å². The minimum atomic E-state index is 0.00634. The van der Waals surface area contributed by atoms with Crippen LogP contribution in [0.1, 0.15) is 55.2 Å². The van der Waals surface area contributed by atoms with E-state index in [1.807, 2.05) is 25.8 Å². The van der Waals surface area contributed by atoms with Crippen LogP contribution in [-0.2, 0) is 6.54 Å². The van der Waals surface area contributed by atoms with Crippen molar-refractivity contribution in [1.82, 2.24) is 14.7 Å². The summed E-state index contributed by atoms with van der Waals surface area (Å²) in [6, 6.07) is 0.348. The molecular weight excluding hydrogens is 240 g/mol. The largest absolute Gasteiger partial charge is 0.395 e. The summed E-state index contributed by atoms with van der Waals surface area (Å²) in [4.78, 5) is 14.5. The van der Waals surface area contributed by atoms with Crippen molar-refractivity contribution in [1.29, 1.82) is 0 Å². The number of hydrogen-bond acceptors (Lipinski definition) is 3. The van der Waals surface area contributed by atoms with Gasteiger partial charge in [-0.15, -0.1) is 0 Å². The molecule has 2 N–H and O–H groups in total. The van der Waals surface area contributed by atoms with E-state index in [0.717, 1.165) is 18.5 Å². The Kier molecular flexibility index (Phi) is 4.12. The van der Waals surface area contributed by atoms with Crippen LogP contribution in [0.4, 0.5) is 5.69 Å². The lowest BCUT2D eigenvalue weighted by Crippen LogP contribution is -2.39. The third-order valence-corrected chi connectivity index (χ3v) is 4.12. The Morgan fingerprint density at radius 2 is 2.05 bits per heavy atom. The summed E-state index contributed by atoms with van der Waals surface area (Å²) < 4.78 is 1.71. The molecule has 1 saturated carbocycles. The van der Waals surface area contributed by atoms with Crippen molar-refractivity contribution in [3.8, 4) is 0 Å². The molecule has 1 fully saturated rings. The van der Waals surface area contributed by atoms with E-state index in [2.05, 4.69) is 5.10 Å². The molecule has 5 heteroatoms. The molecular formula is C14H24N4O. The van der Waals surface area contributed by atoms with E-state index in [1.54, 1.807) is 4.68 Å². The van der Waals surface area contributed by atoms with E-state index in [-0.39, 0.29) is 5.91 Å². The summed E-state index contributed by atoms with van der Waals surface area (Å²) in [5, 5.41) is 4.32. The first-order chi connectivity index (χ1) is 9.06. The van der Waals surface area contributed by atoms with Crippen LogP contribution in [0, 0.1) is 6.92 Å². The quantitative estimate of drug-likeness (QED) is 0.910. The summed E-state index contributed by atoms with van der Waals surface area (Å²) in [5.41, 5.74) is 7.83. The van der Waals surface area contributed by atoms with E-state index >= 15 is 0 Å². The molecule has 0 atom stereocenters. The molecule has 5 nitrogen and oxygen atoms in total. The van der Waals surface area contributed by atoms with E-state index in [1.165, 1.54) is 19.3 Å². The molecule has 0 radical (unpaired) electrons. The van der Waals surface area contributed by atoms with Crippen molar-refractivity contribution < 1.29 is 4.79 Å². The molecule has 1 amide bonds. The van der Waals surface area contributed by atoms with Crippen molar-refractivity contribution in [2.75, 3.05) is 12.8 Å². The zero-order valence-corrected chi connectivity index (χ0v) is 12.1. The molecule has 0 spiro atoms. The number of anilines is 1. The standard InChI is InChI=1S/C14H24N4O/c1-4-18-13(12(15)10(2)16-18)14(19)17(3)11-8-6-5-7-9-11/h11H,4-9,15H2,1-3H3. The fraction of sp³-hybridized carbons (Fsp3) is 0.714. The molecule has 0 aromatic carbocycles. The average molecular weight is 264 g/mol. The highest BCUT2D eigenvalue weighted by Gasteiger charge is 2.27. The van der Waals surface area contributed by atoms with Crippen LogP contribution >= 0.6 is 0 Å². The number of hydrogen-bond donors (Lipinski definition) is 1. The number of rotatable bonds is 3. The van der Waals surface area contributed by atoms with Gasteiger partial charge in [0.1, 0.15) is 5.69 Å². The monoisotopic (exact) mass is 264 g/mol. The third-order valence-electron chi connectivity index (χ3n) is 4.12. The lowest BCUT2D eigenvalue weighted by Gasteiger charge is -2.31. The summed E-state index contributed by atoms with van der Waals surface area (Å²) >= 11 is 0. The van der Waals surface area contributed by atoms with Gasteiger partial charge in [0.25, 0.3) is 5.91 Å². The second-order valence-electron chi connectivity index (χ2n) is 5.37. The number of nitrogens with two attached hydrogens (primary N) is 1. The number of nitrogens with zero attached hydrogens (tertiary/aromatic N) is 3. The number of aryl methyl sites for hydroxylation is 2. The molecule has 1 aromatic heterocycles. The summed E-state index contributed by atoms with van der Waals surface area (Å²) in [6.07, 6.45) is 5.91. The van der Waals surface area contributed by atoms with E-state index in [4.69, 9.17) is 5.73 Å². The van der Waals surface area contributed by atoms with Crippen LogP contribution in [0.3, 0.4) is 0 Å². The Bertz CT molecular complexity index is 460. The van der Waals surface area contributed by atoms with Gasteiger partial charge in [-0.05, 0) is 26.7 Å². The van der Waals surface area contributed by atoms with Gasteiger partial charge in [0.2, 0.25) is 0 Å². The molecule has 0 aliphatic heterocycles. The van der Waals surface area contributed by atoms with Gasteiger partial charge in [-0.1, -0.05) is 19.3 Å².